The summed E-state index contributed by atoms with van der Waals surface area (Å²) in [6.07, 6.45) is 1.03. The minimum absolute atomic E-state index is 0.0811. The van der Waals surface area contributed by atoms with Gasteiger partial charge in [-0.2, -0.15) is 0 Å². The molecule has 35 heavy (non-hydrogen) atoms. The standard InChI is InChI=1S/C24H19ClN6O4/c25-15-5-10-20(26-13-15)29-21(32)14-31-19-4-2-1-3-18(19)28-22(31)23(33)27-16-6-8-17(9-7-16)30-11-12-35-24(30)34/h1-10,13H,11-12,14H2,(H,27,33)(H,26,29,32). The second-order valence-electron chi connectivity index (χ2n) is 7.69. The lowest BCUT2D eigenvalue weighted by Gasteiger charge is -2.13. The summed E-state index contributed by atoms with van der Waals surface area (Å²) in [6.45, 7) is 0.668. The van der Waals surface area contributed by atoms with Crippen LogP contribution in [-0.2, 0) is 16.1 Å². The van der Waals surface area contributed by atoms with Gasteiger partial charge in [-0.3, -0.25) is 14.5 Å². The average Bonchev–Trinajstić information content (AvgIpc) is 3.45. The number of hydrogen-bond acceptors (Lipinski definition) is 6. The number of halogens is 1. The average molecular weight is 491 g/mol. The molecule has 0 saturated carbocycles. The molecule has 5 rings (SSSR count). The van der Waals surface area contributed by atoms with Crippen LogP contribution in [0.3, 0.4) is 0 Å². The van der Waals surface area contributed by atoms with Crippen molar-refractivity contribution in [3.05, 3.63) is 77.7 Å². The topological polar surface area (TPSA) is 118 Å². The number of hydrogen-bond donors (Lipinski definition) is 2. The van der Waals surface area contributed by atoms with E-state index in [0.29, 0.717) is 46.4 Å². The minimum atomic E-state index is -0.480. The third-order valence-corrected chi connectivity index (χ3v) is 5.58. The monoisotopic (exact) mass is 490 g/mol. The minimum Gasteiger partial charge on any atom is -0.447 e. The molecule has 2 aromatic heterocycles. The van der Waals surface area contributed by atoms with Crippen LogP contribution in [0.15, 0.2) is 66.9 Å². The number of aromatic nitrogens is 3. The number of pyridine rings is 1. The van der Waals surface area contributed by atoms with Crippen LogP contribution in [-0.4, -0.2) is 45.6 Å². The lowest BCUT2D eigenvalue weighted by atomic mass is 10.2. The van der Waals surface area contributed by atoms with Crippen LogP contribution in [0.1, 0.15) is 10.6 Å². The highest BCUT2D eigenvalue weighted by Crippen LogP contribution is 2.22. The Morgan fingerprint density at radius 2 is 1.83 bits per heavy atom. The third kappa shape index (κ3) is 4.78. The number of nitrogens with zero attached hydrogens (tertiary/aromatic N) is 4. The van der Waals surface area contributed by atoms with Gasteiger partial charge in [0, 0.05) is 17.6 Å². The molecule has 10 nitrogen and oxygen atoms in total. The Labute approximate surface area is 204 Å². The van der Waals surface area contributed by atoms with Gasteiger partial charge in [-0.05, 0) is 48.5 Å². The van der Waals surface area contributed by atoms with E-state index >= 15 is 0 Å². The number of rotatable bonds is 6. The molecular formula is C24H19ClN6O4. The van der Waals surface area contributed by atoms with E-state index in [9.17, 15) is 14.4 Å². The molecule has 3 amide bonds. The number of carbonyl (C=O) groups is 3. The third-order valence-electron chi connectivity index (χ3n) is 5.35. The first-order valence-electron chi connectivity index (χ1n) is 10.7. The van der Waals surface area contributed by atoms with E-state index in [1.807, 2.05) is 6.07 Å². The van der Waals surface area contributed by atoms with Crippen molar-refractivity contribution in [3.63, 3.8) is 0 Å². The molecule has 0 bridgehead atoms. The SMILES string of the molecule is O=C(Cn1c(C(=O)Nc2ccc(N3CCOC3=O)cc2)nc2ccccc21)Nc1ccc(Cl)cn1. The number of imidazole rings is 1. The summed E-state index contributed by atoms with van der Waals surface area (Å²) >= 11 is 5.84. The van der Waals surface area contributed by atoms with E-state index in [2.05, 4.69) is 20.6 Å². The number of fused-ring (bicyclic) bond motifs is 1. The van der Waals surface area contributed by atoms with Gasteiger partial charge in [0.1, 0.15) is 19.0 Å². The number of para-hydroxylation sites is 2. The van der Waals surface area contributed by atoms with Gasteiger partial charge in [-0.15, -0.1) is 0 Å². The largest absolute Gasteiger partial charge is 0.447 e. The molecule has 0 unspecified atom stereocenters. The summed E-state index contributed by atoms with van der Waals surface area (Å²) in [6, 6.07) is 17.2. The Morgan fingerprint density at radius 3 is 2.54 bits per heavy atom. The lowest BCUT2D eigenvalue weighted by Crippen LogP contribution is -2.25. The van der Waals surface area contributed by atoms with E-state index in [1.165, 1.54) is 11.1 Å². The number of anilines is 3. The van der Waals surface area contributed by atoms with Crippen LogP contribution >= 0.6 is 11.6 Å². The van der Waals surface area contributed by atoms with Gasteiger partial charge >= 0.3 is 6.09 Å². The first-order valence-corrected chi connectivity index (χ1v) is 11.1. The maximum atomic E-state index is 13.1. The second kappa shape index (κ2) is 9.43. The fourth-order valence-electron chi connectivity index (χ4n) is 3.72. The van der Waals surface area contributed by atoms with Crippen LogP contribution in [0.5, 0.6) is 0 Å². The fourth-order valence-corrected chi connectivity index (χ4v) is 3.84. The zero-order valence-corrected chi connectivity index (χ0v) is 19.0. The number of nitrogens with one attached hydrogen (secondary N) is 2. The number of carbonyl (C=O) groups excluding carboxylic acids is 3. The van der Waals surface area contributed by atoms with Crippen molar-refractivity contribution in [1.29, 1.82) is 0 Å². The highest BCUT2D eigenvalue weighted by atomic mass is 35.5. The van der Waals surface area contributed by atoms with Gasteiger partial charge < -0.3 is 19.9 Å². The summed E-state index contributed by atoms with van der Waals surface area (Å²) in [7, 11) is 0. The number of amides is 3. The predicted octanol–water partition coefficient (Wildman–Crippen LogP) is 3.93. The van der Waals surface area contributed by atoms with Crippen LogP contribution in [0.2, 0.25) is 5.02 Å². The van der Waals surface area contributed by atoms with Crippen molar-refractivity contribution in [2.75, 3.05) is 28.7 Å². The molecule has 2 aromatic carbocycles. The Bertz CT molecular complexity index is 1420. The summed E-state index contributed by atoms with van der Waals surface area (Å²) < 4.78 is 6.50. The molecule has 0 aliphatic carbocycles. The zero-order chi connectivity index (χ0) is 24.4. The molecule has 0 radical (unpaired) electrons. The lowest BCUT2D eigenvalue weighted by molar-refractivity contribution is -0.116. The second-order valence-corrected chi connectivity index (χ2v) is 8.12. The van der Waals surface area contributed by atoms with Crippen molar-refractivity contribution in [2.24, 2.45) is 0 Å². The van der Waals surface area contributed by atoms with Crippen molar-refractivity contribution in [3.8, 4) is 0 Å². The van der Waals surface area contributed by atoms with Crippen molar-refractivity contribution < 1.29 is 19.1 Å². The smallest absolute Gasteiger partial charge is 0.414 e. The Balaban J connectivity index is 1.36. The molecule has 176 valence electrons. The Morgan fingerprint density at radius 1 is 1.03 bits per heavy atom. The molecule has 1 saturated heterocycles. The van der Waals surface area contributed by atoms with Crippen LogP contribution < -0.4 is 15.5 Å². The normalized spacial score (nSPS) is 13.1. The van der Waals surface area contributed by atoms with Crippen molar-refractivity contribution in [1.82, 2.24) is 14.5 Å². The van der Waals surface area contributed by atoms with Gasteiger partial charge in [-0.25, -0.2) is 14.8 Å². The molecule has 1 aliphatic heterocycles. The quantitative estimate of drug-likeness (QED) is 0.422. The molecule has 11 heteroatoms. The molecular weight excluding hydrogens is 472 g/mol. The maximum Gasteiger partial charge on any atom is 0.414 e. The maximum absolute atomic E-state index is 13.1. The van der Waals surface area contributed by atoms with Crippen LogP contribution in [0, 0.1) is 0 Å². The summed E-state index contributed by atoms with van der Waals surface area (Å²) in [4.78, 5) is 47.6. The van der Waals surface area contributed by atoms with Crippen molar-refractivity contribution in [2.45, 2.75) is 6.54 Å². The van der Waals surface area contributed by atoms with E-state index in [4.69, 9.17) is 16.3 Å². The molecule has 0 spiro atoms. The highest BCUT2D eigenvalue weighted by molar-refractivity contribution is 6.30. The van der Waals surface area contributed by atoms with Gasteiger partial charge in [0.05, 0.1) is 22.6 Å². The first kappa shape index (κ1) is 22.4. The molecule has 3 heterocycles. The Kier molecular flexibility index (Phi) is 6.02. The van der Waals surface area contributed by atoms with Gasteiger partial charge in [-0.1, -0.05) is 23.7 Å². The van der Waals surface area contributed by atoms with E-state index in [-0.39, 0.29) is 18.3 Å². The summed E-state index contributed by atoms with van der Waals surface area (Å²) in [5, 5.41) is 5.95. The Hall–Kier alpha value is -4.44. The van der Waals surface area contributed by atoms with Crippen LogP contribution in [0.4, 0.5) is 22.0 Å². The van der Waals surface area contributed by atoms with E-state index in [0.717, 1.165) is 0 Å². The molecule has 4 aromatic rings. The van der Waals surface area contributed by atoms with Gasteiger partial charge in [0.25, 0.3) is 5.91 Å². The molecule has 1 aliphatic rings. The molecule has 0 atom stereocenters. The first-order chi connectivity index (χ1) is 17.0. The highest BCUT2D eigenvalue weighted by Gasteiger charge is 2.24. The van der Waals surface area contributed by atoms with Crippen molar-refractivity contribution >= 4 is 57.7 Å². The zero-order valence-electron chi connectivity index (χ0n) is 18.3. The van der Waals surface area contributed by atoms with E-state index < -0.39 is 12.0 Å². The predicted molar refractivity (Wildman–Crippen MR) is 131 cm³/mol. The summed E-state index contributed by atoms with van der Waals surface area (Å²) in [5.41, 5.74) is 2.41. The molecule has 2 N–H and O–H groups in total. The van der Waals surface area contributed by atoms with Gasteiger partial charge in [0.2, 0.25) is 11.7 Å². The number of ether oxygens (including phenoxy) is 1. The van der Waals surface area contributed by atoms with E-state index in [1.54, 1.807) is 59.2 Å². The molecule has 1 fully saturated rings. The number of benzene rings is 2. The van der Waals surface area contributed by atoms with Crippen LogP contribution in [0.25, 0.3) is 11.0 Å². The summed E-state index contributed by atoms with van der Waals surface area (Å²) in [5.74, 6) is -0.430. The van der Waals surface area contributed by atoms with Gasteiger partial charge in [0.15, 0.2) is 0 Å². The number of cyclic esters (lactones) is 1. The fraction of sp³-hybridized carbons (Fsp3) is 0.125.